The average molecular weight is 386 g/mol. The summed E-state index contributed by atoms with van der Waals surface area (Å²) in [5.74, 6) is -0.876. The number of aliphatic hydroxyl groups excluding tert-OH is 1. The molecule has 4 rings (SSSR count). The number of anilines is 1. The molecular weight excluding hydrogens is 368 g/mol. The van der Waals surface area contributed by atoms with E-state index in [4.69, 9.17) is 4.74 Å². The molecule has 0 saturated carbocycles. The second-order valence-electron chi connectivity index (χ2n) is 6.50. The van der Waals surface area contributed by atoms with Crippen LogP contribution in [0.1, 0.15) is 17.2 Å². The number of ether oxygens (including phenoxy) is 1. The SMILES string of the molecule is COc1cccc(C(O)=C2C(=O)C(=O)N(c3ccccn3)[C@@H]2c2ccccc2)c1. The fourth-order valence-electron chi connectivity index (χ4n) is 3.44. The Labute approximate surface area is 167 Å². The highest BCUT2D eigenvalue weighted by atomic mass is 16.5. The van der Waals surface area contributed by atoms with Crippen LogP contribution in [0.3, 0.4) is 0 Å². The summed E-state index contributed by atoms with van der Waals surface area (Å²) in [5.41, 5.74) is 1.10. The molecule has 1 aromatic heterocycles. The average Bonchev–Trinajstić information content (AvgIpc) is 3.05. The number of benzene rings is 2. The molecule has 2 aromatic carbocycles. The number of aliphatic hydroxyl groups is 1. The van der Waals surface area contributed by atoms with Crippen molar-refractivity contribution >= 4 is 23.3 Å². The molecule has 1 amide bonds. The molecule has 1 aliphatic heterocycles. The quantitative estimate of drug-likeness (QED) is 0.420. The molecular formula is C23H18N2O4. The highest BCUT2D eigenvalue weighted by molar-refractivity contribution is 6.51. The van der Waals surface area contributed by atoms with Crippen molar-refractivity contribution in [3.05, 3.63) is 95.7 Å². The lowest BCUT2D eigenvalue weighted by Crippen LogP contribution is -2.30. The second kappa shape index (κ2) is 7.59. The number of nitrogens with zero attached hydrogens (tertiary/aromatic N) is 2. The number of hydrogen-bond donors (Lipinski definition) is 1. The number of hydrogen-bond acceptors (Lipinski definition) is 5. The van der Waals surface area contributed by atoms with E-state index in [1.54, 1.807) is 48.7 Å². The van der Waals surface area contributed by atoms with Gasteiger partial charge in [-0.3, -0.25) is 14.5 Å². The van der Waals surface area contributed by atoms with Gasteiger partial charge in [-0.25, -0.2) is 4.98 Å². The molecule has 1 aliphatic rings. The Kier molecular flexibility index (Phi) is 4.83. The molecule has 0 radical (unpaired) electrons. The maximum atomic E-state index is 13.0. The summed E-state index contributed by atoms with van der Waals surface area (Å²) in [7, 11) is 1.52. The minimum atomic E-state index is -0.794. The standard InChI is InChI=1S/C23H18N2O4/c1-29-17-11-7-10-16(14-17)21(26)19-20(15-8-3-2-4-9-15)25(23(28)22(19)27)18-12-5-6-13-24-18/h2-14,20,26H,1H3/t20-/m1/s1. The zero-order chi connectivity index (χ0) is 20.4. The summed E-state index contributed by atoms with van der Waals surface area (Å²) < 4.78 is 5.21. The van der Waals surface area contributed by atoms with E-state index < -0.39 is 17.7 Å². The van der Waals surface area contributed by atoms with E-state index in [0.717, 1.165) is 0 Å². The first kappa shape index (κ1) is 18.4. The van der Waals surface area contributed by atoms with Gasteiger partial charge in [-0.15, -0.1) is 0 Å². The summed E-state index contributed by atoms with van der Waals surface area (Å²) in [6.45, 7) is 0. The molecule has 0 bridgehead atoms. The number of Topliss-reactive ketones (excluding diaryl/α,β-unsaturated/α-hetero) is 1. The molecule has 2 heterocycles. The molecule has 3 aromatic rings. The lowest BCUT2D eigenvalue weighted by Gasteiger charge is -2.24. The molecule has 1 saturated heterocycles. The summed E-state index contributed by atoms with van der Waals surface area (Å²) >= 11 is 0. The fourth-order valence-corrected chi connectivity index (χ4v) is 3.44. The Bertz CT molecular complexity index is 1090. The van der Waals surface area contributed by atoms with Crippen molar-refractivity contribution in [2.75, 3.05) is 12.0 Å². The summed E-state index contributed by atoms with van der Waals surface area (Å²) in [4.78, 5) is 31.5. The van der Waals surface area contributed by atoms with E-state index >= 15 is 0 Å². The lowest BCUT2D eigenvalue weighted by molar-refractivity contribution is -0.132. The van der Waals surface area contributed by atoms with Crippen molar-refractivity contribution in [2.45, 2.75) is 6.04 Å². The molecule has 144 valence electrons. The van der Waals surface area contributed by atoms with E-state index in [1.165, 1.54) is 12.0 Å². The highest BCUT2D eigenvalue weighted by Crippen LogP contribution is 2.41. The first-order valence-electron chi connectivity index (χ1n) is 9.03. The molecule has 0 aliphatic carbocycles. The van der Waals surface area contributed by atoms with Gasteiger partial charge in [0.2, 0.25) is 0 Å². The molecule has 1 atom stereocenters. The van der Waals surface area contributed by atoms with Gasteiger partial charge in [-0.1, -0.05) is 48.5 Å². The van der Waals surface area contributed by atoms with Crippen LogP contribution in [0.2, 0.25) is 0 Å². The van der Waals surface area contributed by atoms with Crippen LogP contribution in [-0.4, -0.2) is 28.9 Å². The van der Waals surface area contributed by atoms with Gasteiger partial charge in [-0.2, -0.15) is 0 Å². The van der Waals surface area contributed by atoms with Gasteiger partial charge in [-0.05, 0) is 29.8 Å². The van der Waals surface area contributed by atoms with Crippen molar-refractivity contribution in [1.82, 2.24) is 4.98 Å². The zero-order valence-corrected chi connectivity index (χ0v) is 15.6. The molecule has 6 heteroatoms. The predicted molar refractivity (Wildman–Crippen MR) is 108 cm³/mol. The number of rotatable bonds is 4. The van der Waals surface area contributed by atoms with Crippen molar-refractivity contribution < 1.29 is 19.4 Å². The number of carbonyl (C=O) groups excluding carboxylic acids is 2. The highest BCUT2D eigenvalue weighted by Gasteiger charge is 2.47. The van der Waals surface area contributed by atoms with E-state index in [1.807, 2.05) is 30.3 Å². The largest absolute Gasteiger partial charge is 0.507 e. The normalized spacial score (nSPS) is 18.1. The van der Waals surface area contributed by atoms with Crippen LogP contribution >= 0.6 is 0 Å². The third-order valence-corrected chi connectivity index (χ3v) is 4.80. The Morgan fingerprint density at radius 3 is 2.45 bits per heavy atom. The molecule has 0 unspecified atom stereocenters. The number of ketones is 1. The van der Waals surface area contributed by atoms with Crippen LogP contribution in [0, 0.1) is 0 Å². The van der Waals surface area contributed by atoms with Crippen LogP contribution in [0.15, 0.2) is 84.6 Å². The first-order chi connectivity index (χ1) is 14.1. The van der Waals surface area contributed by atoms with Gasteiger partial charge in [0.25, 0.3) is 5.78 Å². The summed E-state index contributed by atoms with van der Waals surface area (Å²) in [6, 6.07) is 20.2. The van der Waals surface area contributed by atoms with E-state index in [9.17, 15) is 14.7 Å². The third-order valence-electron chi connectivity index (χ3n) is 4.80. The number of aromatic nitrogens is 1. The van der Waals surface area contributed by atoms with Crippen LogP contribution in [0.5, 0.6) is 5.75 Å². The van der Waals surface area contributed by atoms with Crippen molar-refractivity contribution in [3.8, 4) is 5.75 Å². The minimum absolute atomic E-state index is 0.0140. The van der Waals surface area contributed by atoms with Gasteiger partial charge in [0.05, 0.1) is 18.7 Å². The van der Waals surface area contributed by atoms with Gasteiger partial charge in [0.1, 0.15) is 17.3 Å². The topological polar surface area (TPSA) is 79.7 Å². The van der Waals surface area contributed by atoms with Crippen LogP contribution in [0.4, 0.5) is 5.82 Å². The monoisotopic (exact) mass is 386 g/mol. The summed E-state index contributed by atoms with van der Waals surface area (Å²) in [6.07, 6.45) is 1.55. The number of pyridine rings is 1. The van der Waals surface area contributed by atoms with Crippen LogP contribution < -0.4 is 9.64 Å². The second-order valence-corrected chi connectivity index (χ2v) is 6.50. The predicted octanol–water partition coefficient (Wildman–Crippen LogP) is 3.72. The number of methoxy groups -OCH3 is 1. The van der Waals surface area contributed by atoms with E-state index in [0.29, 0.717) is 22.7 Å². The van der Waals surface area contributed by atoms with Crippen molar-refractivity contribution in [3.63, 3.8) is 0 Å². The Morgan fingerprint density at radius 1 is 1.00 bits per heavy atom. The van der Waals surface area contributed by atoms with E-state index in [-0.39, 0.29) is 11.3 Å². The molecule has 1 fully saturated rings. The smallest absolute Gasteiger partial charge is 0.301 e. The number of amides is 1. The first-order valence-corrected chi connectivity index (χ1v) is 9.03. The van der Waals surface area contributed by atoms with Gasteiger partial charge in [0.15, 0.2) is 0 Å². The Balaban J connectivity index is 1.94. The number of carbonyl (C=O) groups is 2. The molecule has 29 heavy (non-hydrogen) atoms. The fraction of sp³-hybridized carbons (Fsp3) is 0.0870. The van der Waals surface area contributed by atoms with Gasteiger partial charge in [0, 0.05) is 11.8 Å². The summed E-state index contributed by atoms with van der Waals surface area (Å²) in [5, 5.41) is 11.0. The van der Waals surface area contributed by atoms with Crippen LogP contribution in [-0.2, 0) is 9.59 Å². The van der Waals surface area contributed by atoms with Crippen molar-refractivity contribution in [2.24, 2.45) is 0 Å². The zero-order valence-electron chi connectivity index (χ0n) is 15.6. The van der Waals surface area contributed by atoms with E-state index in [2.05, 4.69) is 4.98 Å². The Morgan fingerprint density at radius 2 is 1.76 bits per heavy atom. The third kappa shape index (κ3) is 3.25. The molecule has 1 N–H and O–H groups in total. The van der Waals surface area contributed by atoms with Crippen LogP contribution in [0.25, 0.3) is 5.76 Å². The maximum absolute atomic E-state index is 13.0. The van der Waals surface area contributed by atoms with Gasteiger partial charge >= 0.3 is 5.91 Å². The minimum Gasteiger partial charge on any atom is -0.507 e. The van der Waals surface area contributed by atoms with Crippen molar-refractivity contribution in [1.29, 1.82) is 0 Å². The lowest BCUT2D eigenvalue weighted by atomic mass is 9.95. The maximum Gasteiger partial charge on any atom is 0.301 e. The van der Waals surface area contributed by atoms with Gasteiger partial charge < -0.3 is 9.84 Å². The molecule has 6 nitrogen and oxygen atoms in total. The molecule has 0 spiro atoms. The Hall–Kier alpha value is -3.93.